The highest BCUT2D eigenvalue weighted by Crippen LogP contribution is 2.23. The Labute approximate surface area is 169 Å². The quantitative estimate of drug-likeness (QED) is 0.605. The van der Waals surface area contributed by atoms with Crippen LogP contribution in [0.2, 0.25) is 5.02 Å². The number of benzene rings is 2. The van der Waals surface area contributed by atoms with E-state index in [9.17, 15) is 4.79 Å². The van der Waals surface area contributed by atoms with Crippen molar-refractivity contribution in [1.29, 1.82) is 0 Å². The van der Waals surface area contributed by atoms with E-state index in [-0.39, 0.29) is 5.91 Å². The first-order chi connectivity index (χ1) is 13.5. The van der Waals surface area contributed by atoms with Gasteiger partial charge in [0, 0.05) is 17.3 Å². The topological polar surface area (TPSA) is 63.2 Å². The first-order valence-corrected chi connectivity index (χ1v) is 9.33. The van der Waals surface area contributed by atoms with Crippen molar-refractivity contribution in [2.75, 3.05) is 19.0 Å². The second-order valence-electron chi connectivity index (χ2n) is 6.37. The number of nitrogens with one attached hydrogen (secondary N) is 2. The standard InChI is InChI=1S/C22H22ClN3O2/c1-15-13-17(23)5-9-20(15)26-18-6-10-21(25-14-18)22(27)24-12-11-16-3-7-19(28-2)8-4-16/h3-10,13-14,26H,11-12H2,1-2H3,(H,24,27). The van der Waals surface area contributed by atoms with Crippen LogP contribution >= 0.6 is 11.6 Å². The van der Waals surface area contributed by atoms with Gasteiger partial charge in [0.25, 0.3) is 5.91 Å². The number of hydrogen-bond donors (Lipinski definition) is 2. The molecule has 0 radical (unpaired) electrons. The summed E-state index contributed by atoms with van der Waals surface area (Å²) in [4.78, 5) is 16.5. The lowest BCUT2D eigenvalue weighted by Gasteiger charge is -2.10. The summed E-state index contributed by atoms with van der Waals surface area (Å²) >= 11 is 5.98. The summed E-state index contributed by atoms with van der Waals surface area (Å²) in [6.45, 7) is 2.52. The Morgan fingerprint density at radius 1 is 1.11 bits per heavy atom. The number of nitrogens with zero attached hydrogens (tertiary/aromatic N) is 1. The van der Waals surface area contributed by atoms with Crippen LogP contribution < -0.4 is 15.4 Å². The maximum Gasteiger partial charge on any atom is 0.269 e. The predicted octanol–water partition coefficient (Wildman–Crippen LogP) is 4.77. The molecule has 28 heavy (non-hydrogen) atoms. The van der Waals surface area contributed by atoms with Crippen LogP contribution in [0.1, 0.15) is 21.6 Å². The Balaban J connectivity index is 1.52. The highest BCUT2D eigenvalue weighted by molar-refractivity contribution is 6.30. The van der Waals surface area contributed by atoms with Gasteiger partial charge in [-0.25, -0.2) is 4.98 Å². The summed E-state index contributed by atoms with van der Waals surface area (Å²) in [6, 6.07) is 17.0. The number of pyridine rings is 1. The highest BCUT2D eigenvalue weighted by atomic mass is 35.5. The molecule has 2 N–H and O–H groups in total. The molecule has 0 aliphatic rings. The molecule has 144 valence electrons. The molecular weight excluding hydrogens is 374 g/mol. The molecule has 0 aliphatic carbocycles. The molecule has 6 heteroatoms. The third kappa shape index (κ3) is 5.24. The minimum absolute atomic E-state index is 0.192. The molecule has 0 spiro atoms. The molecule has 0 saturated heterocycles. The van der Waals surface area contributed by atoms with Gasteiger partial charge in [-0.05, 0) is 66.9 Å². The van der Waals surface area contributed by atoms with E-state index in [0.717, 1.165) is 34.7 Å². The lowest BCUT2D eigenvalue weighted by atomic mass is 10.1. The second kappa shape index (κ2) is 9.24. The van der Waals surface area contributed by atoms with E-state index in [1.165, 1.54) is 0 Å². The van der Waals surface area contributed by atoms with Gasteiger partial charge in [0.05, 0.1) is 19.0 Å². The molecule has 0 saturated carbocycles. The van der Waals surface area contributed by atoms with Crippen LogP contribution in [0, 0.1) is 6.92 Å². The van der Waals surface area contributed by atoms with E-state index in [0.29, 0.717) is 17.3 Å². The maximum absolute atomic E-state index is 12.3. The Bertz CT molecular complexity index is 941. The molecule has 0 aliphatic heterocycles. The molecule has 3 aromatic rings. The van der Waals surface area contributed by atoms with Gasteiger partial charge in [-0.1, -0.05) is 23.7 Å². The van der Waals surface area contributed by atoms with Crippen molar-refractivity contribution in [1.82, 2.24) is 10.3 Å². The van der Waals surface area contributed by atoms with Crippen molar-refractivity contribution in [3.05, 3.63) is 82.6 Å². The fraction of sp³-hybridized carbons (Fsp3) is 0.182. The van der Waals surface area contributed by atoms with Crippen molar-refractivity contribution in [3.63, 3.8) is 0 Å². The normalized spacial score (nSPS) is 10.4. The van der Waals surface area contributed by atoms with Gasteiger partial charge in [-0.15, -0.1) is 0 Å². The summed E-state index contributed by atoms with van der Waals surface area (Å²) in [5.41, 5.74) is 4.30. The van der Waals surface area contributed by atoms with E-state index in [4.69, 9.17) is 16.3 Å². The SMILES string of the molecule is COc1ccc(CCNC(=O)c2ccc(Nc3ccc(Cl)cc3C)cn2)cc1. The van der Waals surface area contributed by atoms with Gasteiger partial charge in [0.1, 0.15) is 11.4 Å². The van der Waals surface area contributed by atoms with Crippen LogP contribution in [0.15, 0.2) is 60.8 Å². The molecule has 1 aromatic heterocycles. The van der Waals surface area contributed by atoms with Gasteiger partial charge < -0.3 is 15.4 Å². The van der Waals surface area contributed by atoms with E-state index < -0.39 is 0 Å². The Hall–Kier alpha value is -3.05. The number of aromatic nitrogens is 1. The van der Waals surface area contributed by atoms with Gasteiger partial charge in [0.2, 0.25) is 0 Å². The third-order valence-corrected chi connectivity index (χ3v) is 4.56. The first-order valence-electron chi connectivity index (χ1n) is 8.95. The van der Waals surface area contributed by atoms with Gasteiger partial charge >= 0.3 is 0 Å². The van der Waals surface area contributed by atoms with Gasteiger partial charge in [-0.2, -0.15) is 0 Å². The Morgan fingerprint density at radius 2 is 1.89 bits per heavy atom. The summed E-state index contributed by atoms with van der Waals surface area (Å²) in [6.07, 6.45) is 2.39. The van der Waals surface area contributed by atoms with Crippen molar-refractivity contribution in [2.45, 2.75) is 13.3 Å². The fourth-order valence-electron chi connectivity index (χ4n) is 2.73. The minimum Gasteiger partial charge on any atom is -0.497 e. The van der Waals surface area contributed by atoms with Crippen molar-refractivity contribution in [3.8, 4) is 5.75 Å². The summed E-state index contributed by atoms with van der Waals surface area (Å²) in [7, 11) is 1.64. The van der Waals surface area contributed by atoms with Gasteiger partial charge in [0.15, 0.2) is 0 Å². The molecule has 2 aromatic carbocycles. The molecule has 3 rings (SSSR count). The first kappa shape index (κ1) is 19.7. The van der Waals surface area contributed by atoms with E-state index in [1.807, 2.05) is 55.5 Å². The summed E-state index contributed by atoms with van der Waals surface area (Å²) in [5.74, 6) is 0.627. The molecule has 0 unspecified atom stereocenters. The number of aryl methyl sites for hydroxylation is 1. The van der Waals surface area contributed by atoms with Crippen LogP contribution in [0.25, 0.3) is 0 Å². The van der Waals surface area contributed by atoms with E-state index in [1.54, 1.807) is 19.4 Å². The number of carbonyl (C=O) groups excluding carboxylic acids is 1. The number of rotatable bonds is 7. The number of carbonyl (C=O) groups is 1. The van der Waals surface area contributed by atoms with Crippen LogP contribution in [-0.4, -0.2) is 24.5 Å². The smallest absolute Gasteiger partial charge is 0.269 e. The monoisotopic (exact) mass is 395 g/mol. The summed E-state index contributed by atoms with van der Waals surface area (Å²) in [5, 5.41) is 6.87. The highest BCUT2D eigenvalue weighted by Gasteiger charge is 2.07. The molecule has 0 atom stereocenters. The lowest BCUT2D eigenvalue weighted by Crippen LogP contribution is -2.26. The molecule has 1 heterocycles. The van der Waals surface area contributed by atoms with E-state index >= 15 is 0 Å². The molecule has 1 amide bonds. The molecular formula is C22H22ClN3O2. The van der Waals surface area contributed by atoms with Crippen molar-refractivity contribution >= 4 is 28.9 Å². The minimum atomic E-state index is -0.192. The predicted molar refractivity (Wildman–Crippen MR) is 113 cm³/mol. The number of hydrogen-bond acceptors (Lipinski definition) is 4. The number of amides is 1. The average molecular weight is 396 g/mol. The maximum atomic E-state index is 12.3. The number of methoxy groups -OCH3 is 1. The molecule has 5 nitrogen and oxygen atoms in total. The zero-order chi connectivity index (χ0) is 19.9. The summed E-state index contributed by atoms with van der Waals surface area (Å²) < 4.78 is 5.14. The fourth-order valence-corrected chi connectivity index (χ4v) is 2.95. The zero-order valence-electron chi connectivity index (χ0n) is 15.8. The zero-order valence-corrected chi connectivity index (χ0v) is 16.6. The molecule has 0 fully saturated rings. The van der Waals surface area contributed by atoms with Crippen LogP contribution in [-0.2, 0) is 6.42 Å². The molecule has 0 bridgehead atoms. The lowest BCUT2D eigenvalue weighted by molar-refractivity contribution is 0.0949. The van der Waals surface area contributed by atoms with Crippen LogP contribution in [0.4, 0.5) is 11.4 Å². The third-order valence-electron chi connectivity index (χ3n) is 4.32. The second-order valence-corrected chi connectivity index (χ2v) is 6.81. The van der Waals surface area contributed by atoms with Crippen molar-refractivity contribution < 1.29 is 9.53 Å². The Morgan fingerprint density at radius 3 is 2.54 bits per heavy atom. The number of anilines is 2. The van der Waals surface area contributed by atoms with Crippen LogP contribution in [0.5, 0.6) is 5.75 Å². The number of ether oxygens (including phenoxy) is 1. The van der Waals surface area contributed by atoms with Crippen LogP contribution in [0.3, 0.4) is 0 Å². The van der Waals surface area contributed by atoms with E-state index in [2.05, 4.69) is 15.6 Å². The largest absolute Gasteiger partial charge is 0.497 e. The Kier molecular flexibility index (Phi) is 6.50. The van der Waals surface area contributed by atoms with Crippen molar-refractivity contribution in [2.24, 2.45) is 0 Å². The average Bonchev–Trinajstić information content (AvgIpc) is 2.71. The number of halogens is 1. The van der Waals surface area contributed by atoms with Gasteiger partial charge in [-0.3, -0.25) is 4.79 Å².